The monoisotopic (exact) mass is 358 g/mol. The first kappa shape index (κ1) is 17.5. The minimum atomic E-state index is -0.907. The summed E-state index contributed by atoms with van der Waals surface area (Å²) in [6, 6.07) is 5.43. The molecule has 0 amide bonds. The Bertz CT molecular complexity index is 1010. The molecule has 0 bridgehead atoms. The first-order valence-corrected chi connectivity index (χ1v) is 7.76. The van der Waals surface area contributed by atoms with E-state index in [2.05, 4.69) is 22.0 Å². The Morgan fingerprint density at radius 2 is 2.08 bits per heavy atom. The first-order valence-electron chi connectivity index (χ1n) is 7.76. The maximum atomic E-state index is 13.3. The molecule has 26 heavy (non-hydrogen) atoms. The number of benzene rings is 1. The Hall–Kier alpha value is -3.29. The van der Waals surface area contributed by atoms with Gasteiger partial charge in [-0.05, 0) is 30.7 Å². The lowest BCUT2D eigenvalue weighted by atomic mass is 10.2. The number of nitrogens with one attached hydrogen (secondary N) is 1. The van der Waals surface area contributed by atoms with E-state index in [1.807, 2.05) is 6.92 Å². The van der Waals surface area contributed by atoms with Crippen molar-refractivity contribution in [3.8, 4) is 5.75 Å². The van der Waals surface area contributed by atoms with E-state index < -0.39 is 17.6 Å². The van der Waals surface area contributed by atoms with Gasteiger partial charge in [-0.2, -0.15) is 5.10 Å². The first-order chi connectivity index (χ1) is 12.3. The highest BCUT2D eigenvalue weighted by atomic mass is 19.2. The molecule has 0 fully saturated rings. The van der Waals surface area contributed by atoms with E-state index in [4.69, 9.17) is 4.74 Å². The summed E-state index contributed by atoms with van der Waals surface area (Å²) in [5.74, 6) is -2.03. The van der Waals surface area contributed by atoms with Gasteiger partial charge < -0.3 is 10.1 Å². The van der Waals surface area contributed by atoms with Crippen LogP contribution < -0.4 is 10.1 Å². The van der Waals surface area contributed by atoms with Gasteiger partial charge in [0, 0.05) is 19.2 Å². The maximum absolute atomic E-state index is 13.3. The molecule has 0 radical (unpaired) electrons. The molecule has 0 aliphatic heterocycles. The second-order valence-electron chi connectivity index (χ2n) is 5.70. The normalized spacial score (nSPS) is 10.8. The van der Waals surface area contributed by atoms with Crippen molar-refractivity contribution in [2.24, 2.45) is 0 Å². The molecule has 3 rings (SSSR count). The van der Waals surface area contributed by atoms with Gasteiger partial charge in [0.25, 0.3) is 0 Å². The van der Waals surface area contributed by atoms with Crippen molar-refractivity contribution in [3.63, 3.8) is 0 Å². The molecule has 0 saturated heterocycles. The van der Waals surface area contributed by atoms with E-state index in [9.17, 15) is 13.6 Å². The van der Waals surface area contributed by atoms with Crippen LogP contribution >= 0.6 is 0 Å². The van der Waals surface area contributed by atoms with Crippen LogP contribution in [0.3, 0.4) is 0 Å². The molecule has 1 aromatic carbocycles. The number of nitrogens with zero attached hydrogens (tertiary/aromatic N) is 3. The number of carbonyl (C=O) groups excluding carboxylic acids is 1. The second kappa shape index (κ2) is 6.91. The Morgan fingerprint density at radius 3 is 2.77 bits per heavy atom. The lowest BCUT2D eigenvalue weighted by molar-refractivity contribution is -0.131. The van der Waals surface area contributed by atoms with E-state index in [1.54, 1.807) is 10.6 Å². The Labute approximate surface area is 148 Å². The van der Waals surface area contributed by atoms with Crippen molar-refractivity contribution < 1.29 is 18.3 Å². The molecular weight excluding hydrogens is 342 g/mol. The van der Waals surface area contributed by atoms with E-state index >= 15 is 0 Å². The zero-order valence-corrected chi connectivity index (χ0v) is 14.2. The quantitative estimate of drug-likeness (QED) is 0.710. The van der Waals surface area contributed by atoms with E-state index in [-0.39, 0.29) is 12.3 Å². The minimum Gasteiger partial charge on any atom is -0.421 e. The van der Waals surface area contributed by atoms with Crippen LogP contribution in [-0.4, -0.2) is 20.6 Å². The number of halogens is 2. The van der Waals surface area contributed by atoms with Gasteiger partial charge in [-0.25, -0.2) is 18.3 Å². The predicted octanol–water partition coefficient (Wildman–Crippen LogP) is 3.00. The number of rotatable bonds is 5. The van der Waals surface area contributed by atoms with Crippen molar-refractivity contribution in [2.45, 2.75) is 20.4 Å². The highest BCUT2D eigenvalue weighted by molar-refractivity contribution is 5.73. The molecule has 0 spiro atoms. The van der Waals surface area contributed by atoms with Gasteiger partial charge in [0.15, 0.2) is 23.0 Å². The summed E-state index contributed by atoms with van der Waals surface area (Å²) in [6.45, 7) is 7.29. The van der Waals surface area contributed by atoms with E-state index in [0.717, 1.165) is 17.8 Å². The van der Waals surface area contributed by atoms with Crippen LogP contribution in [0.2, 0.25) is 0 Å². The molecule has 2 aromatic heterocycles. The molecule has 8 heteroatoms. The van der Waals surface area contributed by atoms with Gasteiger partial charge in [0.2, 0.25) is 0 Å². The van der Waals surface area contributed by atoms with Crippen LogP contribution in [0.5, 0.6) is 5.75 Å². The molecule has 134 valence electrons. The van der Waals surface area contributed by atoms with E-state index in [1.165, 1.54) is 19.2 Å². The molecule has 0 unspecified atom stereocenters. The molecule has 1 N–H and O–H groups in total. The fourth-order valence-electron chi connectivity index (χ4n) is 2.42. The second-order valence-corrected chi connectivity index (χ2v) is 5.70. The smallest absolute Gasteiger partial charge is 0.308 e. The van der Waals surface area contributed by atoms with Crippen molar-refractivity contribution >= 4 is 17.3 Å². The van der Waals surface area contributed by atoms with Gasteiger partial charge in [-0.15, -0.1) is 0 Å². The van der Waals surface area contributed by atoms with Gasteiger partial charge in [0.1, 0.15) is 0 Å². The molecule has 0 aliphatic rings. The minimum absolute atomic E-state index is 0.246. The third kappa shape index (κ3) is 3.53. The number of aryl methyl sites for hydroxylation is 1. The lowest BCUT2D eigenvalue weighted by Crippen LogP contribution is -2.13. The van der Waals surface area contributed by atoms with Crippen LogP contribution in [0, 0.1) is 18.6 Å². The SMILES string of the molecule is C=C(NCc1ccc(F)c(F)c1)c1cc(C)n2ncc(OC(C)=O)c2n1. The average Bonchev–Trinajstić information content (AvgIpc) is 2.98. The lowest BCUT2D eigenvalue weighted by Gasteiger charge is -2.11. The molecule has 2 heterocycles. The van der Waals surface area contributed by atoms with Crippen LogP contribution in [0.25, 0.3) is 11.3 Å². The highest BCUT2D eigenvalue weighted by Crippen LogP contribution is 2.21. The van der Waals surface area contributed by atoms with Crippen molar-refractivity contribution in [2.75, 3.05) is 0 Å². The topological polar surface area (TPSA) is 68.5 Å². The van der Waals surface area contributed by atoms with Crippen molar-refractivity contribution in [1.82, 2.24) is 19.9 Å². The molecular formula is C18H16F2N4O2. The van der Waals surface area contributed by atoms with Crippen LogP contribution in [0.4, 0.5) is 8.78 Å². The Balaban J connectivity index is 1.83. The summed E-state index contributed by atoms with van der Waals surface area (Å²) in [6.07, 6.45) is 1.41. The molecule has 6 nitrogen and oxygen atoms in total. The summed E-state index contributed by atoms with van der Waals surface area (Å²) < 4.78 is 32.9. The summed E-state index contributed by atoms with van der Waals surface area (Å²) in [7, 11) is 0. The molecule has 0 saturated carbocycles. The van der Waals surface area contributed by atoms with Gasteiger partial charge >= 0.3 is 5.97 Å². The Morgan fingerprint density at radius 1 is 1.31 bits per heavy atom. The number of esters is 1. The highest BCUT2D eigenvalue weighted by Gasteiger charge is 2.13. The third-order valence-electron chi connectivity index (χ3n) is 3.67. The average molecular weight is 358 g/mol. The fraction of sp³-hybridized carbons (Fsp3) is 0.167. The largest absolute Gasteiger partial charge is 0.421 e. The van der Waals surface area contributed by atoms with Gasteiger partial charge in [0.05, 0.1) is 17.6 Å². The Kier molecular flexibility index (Phi) is 4.66. The molecule has 0 atom stereocenters. The number of carbonyl (C=O) groups is 1. The predicted molar refractivity (Wildman–Crippen MR) is 91.3 cm³/mol. The molecule has 3 aromatic rings. The van der Waals surface area contributed by atoms with Crippen LogP contribution in [0.1, 0.15) is 23.9 Å². The third-order valence-corrected chi connectivity index (χ3v) is 3.67. The van der Waals surface area contributed by atoms with E-state index in [0.29, 0.717) is 22.6 Å². The van der Waals surface area contributed by atoms with Crippen molar-refractivity contribution in [1.29, 1.82) is 0 Å². The zero-order chi connectivity index (χ0) is 18.8. The van der Waals surface area contributed by atoms with Crippen LogP contribution in [0.15, 0.2) is 37.0 Å². The fourth-order valence-corrected chi connectivity index (χ4v) is 2.42. The molecule has 0 aliphatic carbocycles. The van der Waals surface area contributed by atoms with Crippen LogP contribution in [-0.2, 0) is 11.3 Å². The maximum Gasteiger partial charge on any atom is 0.308 e. The number of aromatic nitrogens is 3. The summed E-state index contributed by atoms with van der Waals surface area (Å²) in [5.41, 5.74) is 2.71. The number of fused-ring (bicyclic) bond motifs is 1. The zero-order valence-electron chi connectivity index (χ0n) is 14.2. The van der Waals surface area contributed by atoms with Gasteiger partial charge in [-0.3, -0.25) is 4.79 Å². The summed E-state index contributed by atoms with van der Waals surface area (Å²) >= 11 is 0. The number of hydrogen-bond donors (Lipinski definition) is 1. The van der Waals surface area contributed by atoms with Gasteiger partial charge in [-0.1, -0.05) is 12.6 Å². The number of hydrogen-bond acceptors (Lipinski definition) is 5. The van der Waals surface area contributed by atoms with Crippen molar-refractivity contribution in [3.05, 3.63) is 65.6 Å². The number of ether oxygens (including phenoxy) is 1. The standard InChI is InChI=1S/C18H16F2N4O2/c1-10-6-16(23-18-17(26-12(3)25)9-22-24(10)18)11(2)21-8-13-4-5-14(19)15(20)7-13/h4-7,9,21H,2,8H2,1,3H3. The summed E-state index contributed by atoms with van der Waals surface area (Å²) in [5, 5.41) is 7.16. The summed E-state index contributed by atoms with van der Waals surface area (Å²) in [4.78, 5) is 15.6.